The lowest BCUT2D eigenvalue weighted by atomic mass is 10.0. The Morgan fingerprint density at radius 2 is 1.93 bits per heavy atom. The Kier molecular flexibility index (Phi) is 6.89. The molecule has 1 heterocycles. The molecule has 1 amide bonds. The van der Waals surface area contributed by atoms with Gasteiger partial charge in [0.2, 0.25) is 15.9 Å². The van der Waals surface area contributed by atoms with E-state index in [1.54, 1.807) is 19.2 Å². The first-order valence-electron chi connectivity index (χ1n) is 9.67. The maximum Gasteiger partial charge on any atom is 0.238 e. The SMILES string of the molecule is COc1ccc(C2CCCCCN2CC(=O)Nc2cccc(S(N)(=O)=O)c2)cc1. The largest absolute Gasteiger partial charge is 0.497 e. The van der Waals surface area contributed by atoms with E-state index in [0.717, 1.165) is 43.5 Å². The number of carbonyl (C=O) groups is 1. The number of amides is 1. The molecule has 2 aromatic rings. The fourth-order valence-electron chi connectivity index (χ4n) is 3.70. The summed E-state index contributed by atoms with van der Waals surface area (Å²) in [4.78, 5) is 14.8. The maximum absolute atomic E-state index is 12.7. The average molecular weight is 418 g/mol. The van der Waals surface area contributed by atoms with Gasteiger partial charge in [0.1, 0.15) is 5.75 Å². The van der Waals surface area contributed by atoms with Gasteiger partial charge in [0.05, 0.1) is 18.6 Å². The molecule has 2 aromatic carbocycles. The topological polar surface area (TPSA) is 102 Å². The zero-order valence-corrected chi connectivity index (χ0v) is 17.3. The number of nitrogens with two attached hydrogens (primary N) is 1. The van der Waals surface area contributed by atoms with Crippen LogP contribution in [0.4, 0.5) is 5.69 Å². The Morgan fingerprint density at radius 1 is 1.17 bits per heavy atom. The molecule has 1 unspecified atom stereocenters. The number of hydrogen-bond donors (Lipinski definition) is 2. The molecule has 0 spiro atoms. The van der Waals surface area contributed by atoms with Crippen LogP contribution in [0.1, 0.15) is 37.3 Å². The van der Waals surface area contributed by atoms with E-state index < -0.39 is 10.0 Å². The third-order valence-corrected chi connectivity index (χ3v) is 6.07. The highest BCUT2D eigenvalue weighted by atomic mass is 32.2. The summed E-state index contributed by atoms with van der Waals surface area (Å²) in [6.07, 6.45) is 4.29. The second-order valence-electron chi connectivity index (χ2n) is 7.23. The van der Waals surface area contributed by atoms with Gasteiger partial charge in [-0.05, 0) is 55.3 Å². The van der Waals surface area contributed by atoms with Crippen molar-refractivity contribution in [1.82, 2.24) is 4.90 Å². The van der Waals surface area contributed by atoms with Gasteiger partial charge >= 0.3 is 0 Å². The van der Waals surface area contributed by atoms with Crippen molar-refractivity contribution >= 4 is 21.6 Å². The molecular formula is C21H27N3O4S. The molecule has 7 nitrogen and oxygen atoms in total. The Morgan fingerprint density at radius 3 is 2.62 bits per heavy atom. The van der Waals surface area contributed by atoms with Gasteiger partial charge in [0.15, 0.2) is 0 Å². The summed E-state index contributed by atoms with van der Waals surface area (Å²) in [5, 5.41) is 7.96. The van der Waals surface area contributed by atoms with Gasteiger partial charge < -0.3 is 10.1 Å². The van der Waals surface area contributed by atoms with Crippen molar-refractivity contribution in [2.45, 2.75) is 36.6 Å². The van der Waals surface area contributed by atoms with Crippen molar-refractivity contribution in [2.75, 3.05) is 25.5 Å². The quantitative estimate of drug-likeness (QED) is 0.752. The third-order valence-electron chi connectivity index (χ3n) is 5.16. The Bertz CT molecular complexity index is 945. The summed E-state index contributed by atoms with van der Waals surface area (Å²) in [6, 6.07) is 14.1. The van der Waals surface area contributed by atoms with E-state index in [4.69, 9.17) is 9.88 Å². The highest BCUT2D eigenvalue weighted by Crippen LogP contribution is 2.31. The number of nitrogens with zero attached hydrogens (tertiary/aromatic N) is 1. The molecule has 1 saturated heterocycles. The van der Waals surface area contributed by atoms with Crippen LogP contribution < -0.4 is 15.2 Å². The molecule has 0 bridgehead atoms. The summed E-state index contributed by atoms with van der Waals surface area (Å²) >= 11 is 0. The molecule has 1 aliphatic heterocycles. The molecule has 1 fully saturated rings. The number of primary sulfonamides is 1. The molecule has 156 valence electrons. The van der Waals surface area contributed by atoms with Crippen LogP contribution in [0, 0.1) is 0 Å². The predicted octanol–water partition coefficient (Wildman–Crippen LogP) is 2.90. The van der Waals surface area contributed by atoms with Gasteiger partial charge in [-0.3, -0.25) is 9.69 Å². The summed E-state index contributed by atoms with van der Waals surface area (Å²) in [5.74, 6) is 0.624. The van der Waals surface area contributed by atoms with Crippen molar-refractivity contribution in [3.63, 3.8) is 0 Å². The Balaban J connectivity index is 1.72. The minimum atomic E-state index is -3.82. The van der Waals surface area contributed by atoms with Gasteiger partial charge in [0.25, 0.3) is 0 Å². The number of hydrogen-bond acceptors (Lipinski definition) is 5. The smallest absolute Gasteiger partial charge is 0.238 e. The summed E-state index contributed by atoms with van der Waals surface area (Å²) < 4.78 is 28.3. The van der Waals surface area contributed by atoms with Crippen molar-refractivity contribution in [3.05, 3.63) is 54.1 Å². The van der Waals surface area contributed by atoms with E-state index >= 15 is 0 Å². The summed E-state index contributed by atoms with van der Waals surface area (Å²) in [5.41, 5.74) is 1.58. The van der Waals surface area contributed by atoms with Crippen LogP contribution in [0.3, 0.4) is 0 Å². The number of methoxy groups -OCH3 is 1. The number of benzene rings is 2. The zero-order valence-electron chi connectivity index (χ0n) is 16.5. The number of likely N-dealkylation sites (tertiary alicyclic amines) is 1. The average Bonchev–Trinajstić information content (AvgIpc) is 2.93. The van der Waals surface area contributed by atoms with Crippen molar-refractivity contribution in [1.29, 1.82) is 0 Å². The molecule has 1 aliphatic rings. The van der Waals surface area contributed by atoms with Crippen molar-refractivity contribution in [2.24, 2.45) is 5.14 Å². The maximum atomic E-state index is 12.7. The van der Waals surface area contributed by atoms with Crippen LogP contribution in [-0.2, 0) is 14.8 Å². The van der Waals surface area contributed by atoms with Gasteiger partial charge in [-0.1, -0.05) is 31.0 Å². The van der Waals surface area contributed by atoms with Crippen LogP contribution in [0.15, 0.2) is 53.4 Å². The fraction of sp³-hybridized carbons (Fsp3) is 0.381. The fourth-order valence-corrected chi connectivity index (χ4v) is 4.26. The molecule has 29 heavy (non-hydrogen) atoms. The van der Waals surface area contributed by atoms with Crippen LogP contribution in [0.25, 0.3) is 0 Å². The van der Waals surface area contributed by atoms with Gasteiger partial charge in [-0.15, -0.1) is 0 Å². The number of nitrogens with one attached hydrogen (secondary N) is 1. The number of carbonyl (C=O) groups excluding carboxylic acids is 1. The van der Waals surface area contributed by atoms with E-state index in [-0.39, 0.29) is 23.4 Å². The normalized spacial score (nSPS) is 18.1. The second kappa shape index (κ2) is 9.39. The first kappa shape index (κ1) is 21.3. The third kappa shape index (κ3) is 5.79. The molecule has 3 rings (SSSR count). The highest BCUT2D eigenvalue weighted by Gasteiger charge is 2.24. The number of anilines is 1. The van der Waals surface area contributed by atoms with Crippen molar-refractivity contribution in [3.8, 4) is 5.75 Å². The molecule has 0 radical (unpaired) electrons. The number of sulfonamides is 1. The molecule has 0 saturated carbocycles. The van der Waals surface area contributed by atoms with E-state index in [9.17, 15) is 13.2 Å². The molecule has 0 aromatic heterocycles. The lowest BCUT2D eigenvalue weighted by Gasteiger charge is -2.29. The molecule has 0 aliphatic carbocycles. The van der Waals surface area contributed by atoms with Gasteiger partial charge in [0, 0.05) is 11.7 Å². The lowest BCUT2D eigenvalue weighted by molar-refractivity contribution is -0.117. The lowest BCUT2D eigenvalue weighted by Crippen LogP contribution is -2.36. The standard InChI is InChI=1S/C21H27N3O4S/c1-28-18-11-9-16(10-12-18)20-8-3-2-4-13-24(20)15-21(25)23-17-6-5-7-19(14-17)29(22,26)27/h5-7,9-12,14,20H,2-4,8,13,15H2,1H3,(H,23,25)(H2,22,26,27). The first-order chi connectivity index (χ1) is 13.9. The zero-order chi connectivity index (χ0) is 20.9. The van der Waals surface area contributed by atoms with Crippen LogP contribution >= 0.6 is 0 Å². The van der Waals surface area contributed by atoms with E-state index in [1.165, 1.54) is 12.1 Å². The van der Waals surface area contributed by atoms with Gasteiger partial charge in [-0.25, -0.2) is 13.6 Å². The highest BCUT2D eigenvalue weighted by molar-refractivity contribution is 7.89. The Labute approximate surface area is 171 Å². The molecular weight excluding hydrogens is 390 g/mol. The van der Waals surface area contributed by atoms with Crippen LogP contribution in [0.2, 0.25) is 0 Å². The summed E-state index contributed by atoms with van der Waals surface area (Å²) in [6.45, 7) is 1.07. The monoisotopic (exact) mass is 417 g/mol. The second-order valence-corrected chi connectivity index (χ2v) is 8.79. The molecule has 8 heteroatoms. The number of rotatable bonds is 6. The predicted molar refractivity (Wildman–Crippen MR) is 112 cm³/mol. The van der Waals surface area contributed by atoms with Crippen LogP contribution in [-0.4, -0.2) is 39.4 Å². The van der Waals surface area contributed by atoms with E-state index in [1.807, 2.05) is 12.1 Å². The Hall–Kier alpha value is -2.42. The molecule has 3 N–H and O–H groups in total. The molecule has 1 atom stereocenters. The van der Waals surface area contributed by atoms with Crippen LogP contribution in [0.5, 0.6) is 5.75 Å². The minimum absolute atomic E-state index is 0.0267. The van der Waals surface area contributed by atoms with E-state index in [2.05, 4.69) is 22.3 Å². The summed E-state index contributed by atoms with van der Waals surface area (Å²) in [7, 11) is -2.17. The van der Waals surface area contributed by atoms with Crippen molar-refractivity contribution < 1.29 is 17.9 Å². The first-order valence-corrected chi connectivity index (χ1v) is 11.2. The minimum Gasteiger partial charge on any atom is -0.497 e. The number of ether oxygens (including phenoxy) is 1. The van der Waals surface area contributed by atoms with Gasteiger partial charge in [-0.2, -0.15) is 0 Å². The van der Waals surface area contributed by atoms with E-state index in [0.29, 0.717) is 5.69 Å².